The topological polar surface area (TPSA) is 34.1 Å². The highest BCUT2D eigenvalue weighted by Crippen LogP contribution is 2.07. The second kappa shape index (κ2) is 5.32. The van der Waals surface area contributed by atoms with Gasteiger partial charge in [0.1, 0.15) is 6.29 Å². The Morgan fingerprint density at radius 3 is 2.50 bits per heavy atom. The third-order valence-corrected chi connectivity index (χ3v) is 2.10. The molecule has 0 N–H and O–H groups in total. The van der Waals surface area contributed by atoms with Crippen molar-refractivity contribution in [2.24, 2.45) is 0 Å². The van der Waals surface area contributed by atoms with Gasteiger partial charge in [0.2, 0.25) is 0 Å². The van der Waals surface area contributed by atoms with Crippen molar-refractivity contribution in [3.63, 3.8) is 0 Å². The van der Waals surface area contributed by atoms with Crippen LogP contribution in [-0.2, 0) is 4.79 Å². The molecule has 0 spiro atoms. The summed E-state index contributed by atoms with van der Waals surface area (Å²) in [6.45, 7) is 1.99. The van der Waals surface area contributed by atoms with Gasteiger partial charge in [-0.3, -0.25) is 4.79 Å². The Hall–Kier alpha value is -1.44. The van der Waals surface area contributed by atoms with Gasteiger partial charge >= 0.3 is 0 Å². The van der Waals surface area contributed by atoms with E-state index in [1.165, 1.54) is 0 Å². The average molecular weight is 190 g/mol. The lowest BCUT2D eigenvalue weighted by atomic mass is 10.0. The second-order valence-corrected chi connectivity index (χ2v) is 3.35. The Bertz CT molecular complexity index is 312. The molecule has 0 aliphatic rings. The van der Waals surface area contributed by atoms with E-state index in [1.807, 2.05) is 31.2 Å². The lowest BCUT2D eigenvalue weighted by molar-refractivity contribution is -0.107. The summed E-state index contributed by atoms with van der Waals surface area (Å²) in [5.74, 6) is 0.117. The highest BCUT2D eigenvalue weighted by molar-refractivity contribution is 5.96. The molecular formula is C12H14O2. The fourth-order valence-corrected chi connectivity index (χ4v) is 1.23. The zero-order valence-corrected chi connectivity index (χ0v) is 8.32. The first-order valence-corrected chi connectivity index (χ1v) is 4.77. The van der Waals surface area contributed by atoms with Crippen LogP contribution in [0.3, 0.4) is 0 Å². The summed E-state index contributed by atoms with van der Waals surface area (Å²) >= 11 is 0. The molecule has 0 radical (unpaired) electrons. The fourth-order valence-electron chi connectivity index (χ4n) is 1.23. The van der Waals surface area contributed by atoms with Crippen LogP contribution in [0.15, 0.2) is 24.3 Å². The Kier molecular flexibility index (Phi) is 4.05. The number of aldehydes is 1. The summed E-state index contributed by atoms with van der Waals surface area (Å²) in [5, 5.41) is 0. The Balaban J connectivity index is 2.52. The number of carbonyl (C=O) groups excluding carboxylic acids is 2. The molecule has 14 heavy (non-hydrogen) atoms. The molecule has 0 unspecified atom stereocenters. The van der Waals surface area contributed by atoms with Gasteiger partial charge in [-0.25, -0.2) is 0 Å². The maximum absolute atomic E-state index is 11.5. The molecule has 0 saturated heterocycles. The SMILES string of the molecule is Cc1ccc(C(=O)CCCC=O)cc1. The summed E-state index contributed by atoms with van der Waals surface area (Å²) in [7, 11) is 0. The van der Waals surface area contributed by atoms with Crippen molar-refractivity contribution in [2.75, 3.05) is 0 Å². The van der Waals surface area contributed by atoms with Gasteiger partial charge in [-0.05, 0) is 13.3 Å². The first kappa shape index (κ1) is 10.6. The van der Waals surface area contributed by atoms with E-state index in [2.05, 4.69) is 0 Å². The van der Waals surface area contributed by atoms with Crippen LogP contribution in [0.4, 0.5) is 0 Å². The maximum Gasteiger partial charge on any atom is 0.162 e. The van der Waals surface area contributed by atoms with Gasteiger partial charge in [-0.1, -0.05) is 29.8 Å². The number of hydrogen-bond acceptors (Lipinski definition) is 2. The highest BCUT2D eigenvalue weighted by Gasteiger charge is 2.03. The second-order valence-electron chi connectivity index (χ2n) is 3.35. The van der Waals surface area contributed by atoms with Crippen LogP contribution in [-0.4, -0.2) is 12.1 Å². The Morgan fingerprint density at radius 1 is 1.29 bits per heavy atom. The van der Waals surface area contributed by atoms with Gasteiger partial charge in [-0.2, -0.15) is 0 Å². The fraction of sp³-hybridized carbons (Fsp3) is 0.333. The van der Waals surface area contributed by atoms with Gasteiger partial charge in [0, 0.05) is 18.4 Å². The molecule has 0 bridgehead atoms. The van der Waals surface area contributed by atoms with Crippen molar-refractivity contribution < 1.29 is 9.59 Å². The normalized spacial score (nSPS) is 9.79. The third kappa shape index (κ3) is 3.13. The third-order valence-electron chi connectivity index (χ3n) is 2.10. The largest absolute Gasteiger partial charge is 0.303 e. The monoisotopic (exact) mass is 190 g/mol. The molecule has 0 amide bonds. The van der Waals surface area contributed by atoms with Gasteiger partial charge in [0.05, 0.1) is 0 Å². The number of unbranched alkanes of at least 4 members (excludes halogenated alkanes) is 1. The molecule has 74 valence electrons. The van der Waals surface area contributed by atoms with E-state index in [1.54, 1.807) is 0 Å². The Labute approximate surface area is 83.9 Å². The molecule has 2 heteroatoms. The lowest BCUT2D eigenvalue weighted by Gasteiger charge is -1.99. The quantitative estimate of drug-likeness (QED) is 0.406. The molecule has 0 atom stereocenters. The first-order chi connectivity index (χ1) is 6.74. The van der Waals surface area contributed by atoms with Crippen molar-refractivity contribution in [3.05, 3.63) is 35.4 Å². The van der Waals surface area contributed by atoms with Gasteiger partial charge in [-0.15, -0.1) is 0 Å². The van der Waals surface area contributed by atoms with Crippen molar-refractivity contribution in [1.29, 1.82) is 0 Å². The number of ketones is 1. The van der Waals surface area contributed by atoms with Crippen LogP contribution in [0.1, 0.15) is 35.2 Å². The van der Waals surface area contributed by atoms with E-state index >= 15 is 0 Å². The number of Topliss-reactive ketones (excluding diaryl/α,β-unsaturated/α-hetero) is 1. The van der Waals surface area contributed by atoms with Crippen LogP contribution in [0.25, 0.3) is 0 Å². The van der Waals surface area contributed by atoms with Crippen molar-refractivity contribution in [3.8, 4) is 0 Å². The first-order valence-electron chi connectivity index (χ1n) is 4.77. The highest BCUT2D eigenvalue weighted by atomic mass is 16.1. The van der Waals surface area contributed by atoms with Crippen LogP contribution in [0, 0.1) is 6.92 Å². The van der Waals surface area contributed by atoms with E-state index in [9.17, 15) is 9.59 Å². The summed E-state index contributed by atoms with van der Waals surface area (Å²) in [6, 6.07) is 7.51. The smallest absolute Gasteiger partial charge is 0.162 e. The predicted octanol–water partition coefficient (Wildman–Crippen LogP) is 2.55. The summed E-state index contributed by atoms with van der Waals surface area (Å²) < 4.78 is 0. The van der Waals surface area contributed by atoms with Crippen LogP contribution in [0.5, 0.6) is 0 Å². The molecule has 0 aliphatic heterocycles. The molecule has 0 fully saturated rings. The lowest BCUT2D eigenvalue weighted by Crippen LogP contribution is -1.98. The van der Waals surface area contributed by atoms with Crippen molar-refractivity contribution >= 4 is 12.1 Å². The minimum Gasteiger partial charge on any atom is -0.303 e. The van der Waals surface area contributed by atoms with Crippen molar-refractivity contribution in [1.82, 2.24) is 0 Å². The molecule has 0 aromatic heterocycles. The number of hydrogen-bond donors (Lipinski definition) is 0. The number of carbonyl (C=O) groups is 2. The molecule has 0 aliphatic carbocycles. The van der Waals surface area contributed by atoms with E-state index in [4.69, 9.17) is 0 Å². The van der Waals surface area contributed by atoms with E-state index < -0.39 is 0 Å². The average Bonchev–Trinajstić information content (AvgIpc) is 2.19. The van der Waals surface area contributed by atoms with Gasteiger partial charge < -0.3 is 4.79 Å². The van der Waals surface area contributed by atoms with E-state index in [0.717, 1.165) is 17.4 Å². The molecule has 0 heterocycles. The zero-order valence-electron chi connectivity index (χ0n) is 8.32. The number of aryl methyl sites for hydroxylation is 1. The van der Waals surface area contributed by atoms with Crippen molar-refractivity contribution in [2.45, 2.75) is 26.2 Å². The number of benzene rings is 1. The molecule has 1 rings (SSSR count). The van der Waals surface area contributed by atoms with E-state index in [0.29, 0.717) is 19.3 Å². The van der Waals surface area contributed by atoms with Crippen LogP contribution in [0.2, 0.25) is 0 Å². The van der Waals surface area contributed by atoms with Gasteiger partial charge in [0.15, 0.2) is 5.78 Å². The van der Waals surface area contributed by atoms with Crippen LogP contribution >= 0.6 is 0 Å². The van der Waals surface area contributed by atoms with Gasteiger partial charge in [0.25, 0.3) is 0 Å². The molecule has 2 nitrogen and oxygen atoms in total. The minimum absolute atomic E-state index is 0.117. The predicted molar refractivity (Wildman–Crippen MR) is 55.4 cm³/mol. The maximum atomic E-state index is 11.5. The minimum atomic E-state index is 0.117. The van der Waals surface area contributed by atoms with E-state index in [-0.39, 0.29) is 5.78 Å². The Morgan fingerprint density at radius 2 is 1.93 bits per heavy atom. The summed E-state index contributed by atoms with van der Waals surface area (Å²) in [5.41, 5.74) is 1.89. The van der Waals surface area contributed by atoms with Crippen LogP contribution < -0.4 is 0 Å². The molecule has 1 aromatic rings. The summed E-state index contributed by atoms with van der Waals surface area (Å²) in [6.07, 6.45) is 2.43. The molecule has 1 aromatic carbocycles. The summed E-state index contributed by atoms with van der Waals surface area (Å²) in [4.78, 5) is 21.6. The zero-order chi connectivity index (χ0) is 10.4. The molecular weight excluding hydrogens is 176 g/mol. The molecule has 0 saturated carbocycles. The number of rotatable bonds is 5. The standard InChI is InChI=1S/C12H14O2/c1-10-5-7-11(8-6-10)12(14)4-2-3-9-13/h5-9H,2-4H2,1H3.